The molecule has 1 aliphatic carbocycles. The van der Waals surface area contributed by atoms with Gasteiger partial charge in [-0.05, 0) is 30.7 Å². The number of aliphatic hydroxyl groups excluding tert-OH is 1. The Hall–Kier alpha value is -1.66. The van der Waals surface area contributed by atoms with Crippen LogP contribution in [0.1, 0.15) is 48.7 Å². The Morgan fingerprint density at radius 1 is 1.43 bits per heavy atom. The third-order valence-electron chi connectivity index (χ3n) is 4.91. The normalized spacial score (nSPS) is 27.3. The van der Waals surface area contributed by atoms with Crippen LogP contribution < -0.4 is 5.56 Å². The molecular weight excluding hydrogens is 296 g/mol. The molecule has 0 bridgehead atoms. The number of pyridine rings is 1. The summed E-state index contributed by atoms with van der Waals surface area (Å²) in [4.78, 5) is 29.3. The molecule has 2 N–H and O–H groups in total. The summed E-state index contributed by atoms with van der Waals surface area (Å²) < 4.78 is 5.78. The number of rotatable bonds is 3. The molecule has 0 unspecified atom stereocenters. The SMILES string of the molecule is CC(C)c1[nH]c(=O)ccc1C(=O)N1CCO[C@H]2C[C@H](CO)C[C@@H]21. The van der Waals surface area contributed by atoms with Crippen molar-refractivity contribution in [2.75, 3.05) is 19.8 Å². The van der Waals surface area contributed by atoms with Gasteiger partial charge in [-0.1, -0.05) is 13.8 Å². The Morgan fingerprint density at radius 3 is 2.91 bits per heavy atom. The number of carbonyl (C=O) groups is 1. The molecule has 1 amide bonds. The van der Waals surface area contributed by atoms with Crippen molar-refractivity contribution in [3.05, 3.63) is 33.7 Å². The van der Waals surface area contributed by atoms with E-state index in [1.54, 1.807) is 6.07 Å². The van der Waals surface area contributed by atoms with Crippen molar-refractivity contribution >= 4 is 5.91 Å². The number of fused-ring (bicyclic) bond motifs is 1. The summed E-state index contributed by atoms with van der Waals surface area (Å²) in [6, 6.07) is 3.04. The van der Waals surface area contributed by atoms with Crippen molar-refractivity contribution < 1.29 is 14.6 Å². The summed E-state index contributed by atoms with van der Waals surface area (Å²) >= 11 is 0. The second kappa shape index (κ2) is 6.45. The number of aromatic nitrogens is 1. The van der Waals surface area contributed by atoms with E-state index in [-0.39, 0.29) is 42.1 Å². The van der Waals surface area contributed by atoms with E-state index in [9.17, 15) is 14.7 Å². The predicted octanol–water partition coefficient (Wildman–Crippen LogP) is 1.11. The fourth-order valence-corrected chi connectivity index (χ4v) is 3.74. The number of H-pyrrole nitrogens is 1. The number of nitrogens with zero attached hydrogens (tertiary/aromatic N) is 1. The molecule has 3 rings (SSSR count). The molecule has 2 heterocycles. The third kappa shape index (κ3) is 3.05. The van der Waals surface area contributed by atoms with E-state index >= 15 is 0 Å². The van der Waals surface area contributed by atoms with Crippen LogP contribution in [0.4, 0.5) is 0 Å². The zero-order valence-electron chi connectivity index (χ0n) is 13.6. The summed E-state index contributed by atoms with van der Waals surface area (Å²) in [6.45, 7) is 5.12. The van der Waals surface area contributed by atoms with E-state index in [4.69, 9.17) is 4.74 Å². The molecule has 3 atom stereocenters. The smallest absolute Gasteiger partial charge is 0.256 e. The van der Waals surface area contributed by atoms with Crippen LogP contribution >= 0.6 is 0 Å². The minimum absolute atomic E-state index is 0.00936. The number of hydrogen-bond donors (Lipinski definition) is 2. The summed E-state index contributed by atoms with van der Waals surface area (Å²) in [6.07, 6.45) is 1.58. The molecule has 1 saturated carbocycles. The number of ether oxygens (including phenoxy) is 1. The number of carbonyl (C=O) groups excluding carboxylic acids is 1. The molecule has 1 aromatic heterocycles. The number of amides is 1. The van der Waals surface area contributed by atoms with Crippen LogP contribution in [0.3, 0.4) is 0 Å². The molecule has 1 aliphatic heterocycles. The lowest BCUT2D eigenvalue weighted by Crippen LogP contribution is -2.51. The first-order chi connectivity index (χ1) is 11.0. The van der Waals surface area contributed by atoms with Crippen molar-refractivity contribution in [1.82, 2.24) is 9.88 Å². The Balaban J connectivity index is 1.89. The zero-order chi connectivity index (χ0) is 16.6. The van der Waals surface area contributed by atoms with Crippen molar-refractivity contribution in [3.8, 4) is 0 Å². The molecular formula is C17H24N2O4. The Bertz CT molecular complexity index is 640. The second-order valence-electron chi connectivity index (χ2n) is 6.80. The molecule has 6 nitrogen and oxygen atoms in total. The summed E-state index contributed by atoms with van der Waals surface area (Å²) in [5, 5.41) is 9.40. The van der Waals surface area contributed by atoms with Crippen LogP contribution in [0.2, 0.25) is 0 Å². The van der Waals surface area contributed by atoms with Gasteiger partial charge in [0.05, 0.1) is 24.3 Å². The monoisotopic (exact) mass is 320 g/mol. The lowest BCUT2D eigenvalue weighted by molar-refractivity contribution is -0.0449. The number of morpholine rings is 1. The summed E-state index contributed by atoms with van der Waals surface area (Å²) in [5.41, 5.74) is 1.06. The highest BCUT2D eigenvalue weighted by atomic mass is 16.5. The Labute approximate surface area is 135 Å². The average Bonchev–Trinajstić information content (AvgIpc) is 2.97. The van der Waals surface area contributed by atoms with Crippen molar-refractivity contribution in [2.24, 2.45) is 5.92 Å². The van der Waals surface area contributed by atoms with Crippen molar-refractivity contribution in [1.29, 1.82) is 0 Å². The summed E-state index contributed by atoms with van der Waals surface area (Å²) in [7, 11) is 0. The molecule has 2 aliphatic rings. The van der Waals surface area contributed by atoms with Gasteiger partial charge in [-0.15, -0.1) is 0 Å². The molecule has 1 aromatic rings. The molecule has 23 heavy (non-hydrogen) atoms. The highest BCUT2D eigenvalue weighted by molar-refractivity contribution is 5.95. The number of hydrogen-bond acceptors (Lipinski definition) is 4. The lowest BCUT2D eigenvalue weighted by atomic mass is 10.0. The number of nitrogens with one attached hydrogen (secondary N) is 1. The first-order valence-electron chi connectivity index (χ1n) is 8.28. The van der Waals surface area contributed by atoms with E-state index in [1.807, 2.05) is 18.7 Å². The average molecular weight is 320 g/mol. The van der Waals surface area contributed by atoms with Gasteiger partial charge in [-0.25, -0.2) is 0 Å². The van der Waals surface area contributed by atoms with Gasteiger partial charge in [0.25, 0.3) is 5.91 Å². The number of aliphatic hydroxyl groups is 1. The fraction of sp³-hybridized carbons (Fsp3) is 0.647. The molecule has 2 fully saturated rings. The van der Waals surface area contributed by atoms with E-state index in [0.29, 0.717) is 24.4 Å². The second-order valence-corrected chi connectivity index (χ2v) is 6.80. The minimum Gasteiger partial charge on any atom is -0.396 e. The van der Waals surface area contributed by atoms with Crippen LogP contribution in [0.5, 0.6) is 0 Å². The van der Waals surface area contributed by atoms with Gasteiger partial charge in [0.1, 0.15) is 0 Å². The van der Waals surface area contributed by atoms with E-state index in [0.717, 1.165) is 12.8 Å². The maximum atomic E-state index is 13.1. The van der Waals surface area contributed by atoms with Gasteiger partial charge in [0.15, 0.2) is 0 Å². The summed E-state index contributed by atoms with van der Waals surface area (Å²) in [5.74, 6) is 0.203. The van der Waals surface area contributed by atoms with Gasteiger partial charge < -0.3 is 19.7 Å². The van der Waals surface area contributed by atoms with Crippen LogP contribution in [0.25, 0.3) is 0 Å². The molecule has 0 aromatic carbocycles. The van der Waals surface area contributed by atoms with Gasteiger partial charge in [-0.2, -0.15) is 0 Å². The van der Waals surface area contributed by atoms with Crippen LogP contribution in [0.15, 0.2) is 16.9 Å². The van der Waals surface area contributed by atoms with Gasteiger partial charge in [-0.3, -0.25) is 9.59 Å². The molecule has 126 valence electrons. The van der Waals surface area contributed by atoms with Crippen molar-refractivity contribution in [3.63, 3.8) is 0 Å². The molecule has 0 radical (unpaired) electrons. The van der Waals surface area contributed by atoms with E-state index in [1.165, 1.54) is 6.07 Å². The molecule has 6 heteroatoms. The minimum atomic E-state index is -0.189. The van der Waals surface area contributed by atoms with Crippen LogP contribution in [-0.4, -0.2) is 52.8 Å². The van der Waals surface area contributed by atoms with E-state index in [2.05, 4.69) is 4.98 Å². The quantitative estimate of drug-likeness (QED) is 0.874. The first-order valence-corrected chi connectivity index (χ1v) is 8.28. The fourth-order valence-electron chi connectivity index (χ4n) is 3.74. The maximum Gasteiger partial charge on any atom is 0.256 e. The standard InChI is InChI=1S/C17H24N2O4/c1-10(2)16-12(3-4-15(21)18-16)17(22)19-5-6-23-14-8-11(9-20)7-13(14)19/h3-4,10-11,13-14,20H,5-9H2,1-2H3,(H,18,21)/t11-,13+,14+/m1/s1. The van der Waals surface area contributed by atoms with Gasteiger partial charge >= 0.3 is 0 Å². The first kappa shape index (κ1) is 16.2. The number of aromatic amines is 1. The van der Waals surface area contributed by atoms with Crippen molar-refractivity contribution in [2.45, 2.75) is 44.8 Å². The largest absolute Gasteiger partial charge is 0.396 e. The van der Waals surface area contributed by atoms with Gasteiger partial charge in [0.2, 0.25) is 5.56 Å². The Kier molecular flexibility index (Phi) is 4.55. The van der Waals surface area contributed by atoms with Crippen LogP contribution in [-0.2, 0) is 4.74 Å². The van der Waals surface area contributed by atoms with E-state index < -0.39 is 0 Å². The molecule has 0 spiro atoms. The zero-order valence-corrected chi connectivity index (χ0v) is 13.6. The molecule has 1 saturated heterocycles. The Morgan fingerprint density at radius 2 is 2.22 bits per heavy atom. The lowest BCUT2D eigenvalue weighted by Gasteiger charge is -2.38. The third-order valence-corrected chi connectivity index (χ3v) is 4.91. The van der Waals surface area contributed by atoms with Crippen LogP contribution in [0, 0.1) is 5.92 Å². The topological polar surface area (TPSA) is 82.6 Å². The highest BCUT2D eigenvalue weighted by Gasteiger charge is 2.43. The highest BCUT2D eigenvalue weighted by Crippen LogP contribution is 2.35. The van der Waals surface area contributed by atoms with Gasteiger partial charge in [0, 0.05) is 24.9 Å². The maximum absolute atomic E-state index is 13.1. The predicted molar refractivity (Wildman–Crippen MR) is 85.5 cm³/mol.